The topological polar surface area (TPSA) is 20.2 Å². The molecule has 112 valence electrons. The molecule has 3 heteroatoms. The van der Waals surface area contributed by atoms with Gasteiger partial charge in [0.1, 0.15) is 0 Å². The number of aliphatic hydroxyl groups excluding tert-OH is 1. The average Bonchev–Trinajstić information content (AvgIpc) is 2.33. The summed E-state index contributed by atoms with van der Waals surface area (Å²) < 4.78 is 0. The molecular weight excluding hydrogens is 307 g/mol. The molecule has 1 nitrogen and oxygen atoms in total. The monoisotopic (exact) mass is 340 g/mol. The summed E-state index contributed by atoms with van der Waals surface area (Å²) in [5.41, 5.74) is 0. The van der Waals surface area contributed by atoms with Gasteiger partial charge >= 0.3 is 0 Å². The molecule has 0 spiro atoms. The minimum absolute atomic E-state index is 0. The summed E-state index contributed by atoms with van der Waals surface area (Å²) in [5, 5.41) is 10.6. The highest BCUT2D eigenvalue weighted by molar-refractivity contribution is 7.76. The molecule has 0 saturated heterocycles. The van der Waals surface area contributed by atoms with E-state index < -0.39 is 7.26 Å². The molecule has 0 heterocycles. The lowest BCUT2D eigenvalue weighted by atomic mass is 10.4. The molecule has 0 amide bonds. The van der Waals surface area contributed by atoms with E-state index >= 15 is 0 Å². The second-order valence-electron chi connectivity index (χ2n) is 5.37. The fraction of sp³-hybridized carbons (Fsp3) is 1.00. The van der Waals surface area contributed by atoms with Crippen molar-refractivity contribution in [1.82, 2.24) is 0 Å². The van der Waals surface area contributed by atoms with Gasteiger partial charge in [-0.3, -0.25) is 0 Å². The third-order valence-corrected chi connectivity index (χ3v) is 9.04. The number of hydrogen-bond acceptors (Lipinski definition) is 1. The molecule has 0 aliphatic carbocycles. The van der Waals surface area contributed by atoms with Crippen molar-refractivity contribution in [1.29, 1.82) is 0 Å². The van der Waals surface area contributed by atoms with E-state index in [4.69, 9.17) is 0 Å². The van der Waals surface area contributed by atoms with Crippen molar-refractivity contribution in [3.63, 3.8) is 0 Å². The second kappa shape index (κ2) is 12.9. The zero-order valence-electron chi connectivity index (χ0n) is 12.9. The van der Waals surface area contributed by atoms with Crippen molar-refractivity contribution in [2.75, 3.05) is 18.5 Å². The summed E-state index contributed by atoms with van der Waals surface area (Å²) in [6.07, 6.45) is 12.6. The van der Waals surface area contributed by atoms with Crippen molar-refractivity contribution in [3.8, 4) is 0 Å². The predicted octanol–water partition coefficient (Wildman–Crippen LogP) is 2.14. The molecule has 0 rings (SSSR count). The number of hydrogen-bond donors (Lipinski definition) is 1. The zero-order valence-corrected chi connectivity index (χ0v) is 15.4. The number of halogens is 1. The van der Waals surface area contributed by atoms with Gasteiger partial charge in [0.25, 0.3) is 0 Å². The van der Waals surface area contributed by atoms with Gasteiger partial charge in [0, 0.05) is 13.7 Å². The SMILES string of the molecule is CCCC[P+](CCC)(CCCC)C(O)CCC.[Br-]. The largest absolute Gasteiger partial charge is 1.00 e. The third kappa shape index (κ3) is 7.46. The predicted molar refractivity (Wildman–Crippen MR) is 82.5 cm³/mol. The molecule has 18 heavy (non-hydrogen) atoms. The van der Waals surface area contributed by atoms with Crippen LogP contribution < -0.4 is 17.0 Å². The van der Waals surface area contributed by atoms with Crippen LogP contribution in [0.25, 0.3) is 0 Å². The van der Waals surface area contributed by atoms with Crippen LogP contribution in [0.1, 0.15) is 72.6 Å². The van der Waals surface area contributed by atoms with Gasteiger partial charge in [-0.25, -0.2) is 0 Å². The Hall–Kier alpha value is 0.870. The van der Waals surface area contributed by atoms with E-state index in [1.807, 2.05) is 0 Å². The molecule has 1 atom stereocenters. The van der Waals surface area contributed by atoms with Gasteiger partial charge in [-0.1, -0.05) is 47.0 Å². The molecule has 1 N–H and O–H groups in total. The van der Waals surface area contributed by atoms with Gasteiger partial charge in [0.2, 0.25) is 0 Å². The third-order valence-electron chi connectivity index (χ3n) is 3.76. The summed E-state index contributed by atoms with van der Waals surface area (Å²) in [6, 6.07) is 0. The maximum atomic E-state index is 10.6. The maximum Gasteiger partial charge on any atom is 0.164 e. The minimum atomic E-state index is -1.08. The first kappa shape index (κ1) is 21.2. The van der Waals surface area contributed by atoms with Gasteiger partial charge in [0.05, 0.1) is 18.5 Å². The highest BCUT2D eigenvalue weighted by atomic mass is 79.9. The molecule has 0 bridgehead atoms. The molecular formula is C15H34BrOP. The molecule has 0 aromatic heterocycles. The Balaban J connectivity index is 0. The Morgan fingerprint density at radius 1 is 0.778 bits per heavy atom. The van der Waals surface area contributed by atoms with Crippen molar-refractivity contribution in [2.24, 2.45) is 0 Å². The lowest BCUT2D eigenvalue weighted by Crippen LogP contribution is -3.00. The Kier molecular flexibility index (Phi) is 15.2. The van der Waals surface area contributed by atoms with Crippen LogP contribution in [0.4, 0.5) is 0 Å². The molecule has 0 radical (unpaired) electrons. The summed E-state index contributed by atoms with van der Waals surface area (Å²) >= 11 is 0. The molecule has 0 aliphatic rings. The molecule has 0 aromatic carbocycles. The van der Waals surface area contributed by atoms with Gasteiger partial charge in [0.15, 0.2) is 5.85 Å². The van der Waals surface area contributed by atoms with E-state index in [-0.39, 0.29) is 22.8 Å². The second-order valence-corrected chi connectivity index (χ2v) is 9.74. The van der Waals surface area contributed by atoms with E-state index in [0.29, 0.717) is 0 Å². The van der Waals surface area contributed by atoms with Crippen molar-refractivity contribution >= 4 is 7.26 Å². The van der Waals surface area contributed by atoms with Crippen LogP contribution in [-0.4, -0.2) is 29.4 Å². The lowest BCUT2D eigenvalue weighted by molar-refractivity contribution is -0.00000523. The minimum Gasteiger partial charge on any atom is -1.00 e. The van der Waals surface area contributed by atoms with Crippen LogP contribution in [0.15, 0.2) is 0 Å². The lowest BCUT2D eigenvalue weighted by Gasteiger charge is -2.32. The van der Waals surface area contributed by atoms with Crippen molar-refractivity contribution in [3.05, 3.63) is 0 Å². The van der Waals surface area contributed by atoms with Crippen molar-refractivity contribution < 1.29 is 22.1 Å². The van der Waals surface area contributed by atoms with Crippen LogP contribution in [0.3, 0.4) is 0 Å². The van der Waals surface area contributed by atoms with Crippen molar-refractivity contribution in [2.45, 2.75) is 78.5 Å². The van der Waals surface area contributed by atoms with Crippen LogP contribution in [0.5, 0.6) is 0 Å². The van der Waals surface area contributed by atoms with Crippen LogP contribution in [0, 0.1) is 0 Å². The van der Waals surface area contributed by atoms with Crippen LogP contribution in [-0.2, 0) is 0 Å². The van der Waals surface area contributed by atoms with E-state index in [1.165, 1.54) is 50.6 Å². The van der Waals surface area contributed by atoms with E-state index in [2.05, 4.69) is 27.7 Å². The highest BCUT2D eigenvalue weighted by Gasteiger charge is 2.42. The number of aliphatic hydroxyl groups is 1. The fourth-order valence-electron chi connectivity index (χ4n) is 2.71. The first-order valence-corrected chi connectivity index (χ1v) is 10.1. The van der Waals surface area contributed by atoms with Gasteiger partial charge in [-0.2, -0.15) is 0 Å². The van der Waals surface area contributed by atoms with Crippen LogP contribution in [0.2, 0.25) is 0 Å². The summed E-state index contributed by atoms with van der Waals surface area (Å²) in [6.45, 7) is 9.02. The zero-order chi connectivity index (χ0) is 13.1. The number of rotatable bonds is 11. The first-order valence-electron chi connectivity index (χ1n) is 7.70. The highest BCUT2D eigenvalue weighted by Crippen LogP contribution is 2.64. The standard InChI is InChI=1S/C15H34OP.BrH/c1-5-9-13-17(12-8-4,14-10-6-2)15(16)11-7-3;/h15-16H,5-14H2,1-4H3;1H/q+1;/p-1. The number of unbranched alkanes of at least 4 members (excludes halogenated alkanes) is 2. The molecule has 0 aliphatic heterocycles. The Morgan fingerprint density at radius 3 is 1.61 bits per heavy atom. The average molecular weight is 341 g/mol. The van der Waals surface area contributed by atoms with Gasteiger partial charge < -0.3 is 22.1 Å². The van der Waals surface area contributed by atoms with Gasteiger partial charge in [-0.15, -0.1) is 0 Å². The van der Waals surface area contributed by atoms with E-state index in [1.54, 1.807) is 0 Å². The quantitative estimate of drug-likeness (QED) is 0.571. The normalized spacial score (nSPS) is 13.2. The molecule has 1 unspecified atom stereocenters. The summed E-state index contributed by atoms with van der Waals surface area (Å²) in [4.78, 5) is 0. The Morgan fingerprint density at radius 2 is 1.28 bits per heavy atom. The van der Waals surface area contributed by atoms with E-state index in [9.17, 15) is 5.11 Å². The van der Waals surface area contributed by atoms with Crippen LogP contribution >= 0.6 is 7.26 Å². The smallest absolute Gasteiger partial charge is 0.164 e. The molecule has 0 fully saturated rings. The summed E-state index contributed by atoms with van der Waals surface area (Å²) in [5.74, 6) is 0.0329. The Bertz CT molecular complexity index is 168. The maximum absolute atomic E-state index is 10.6. The van der Waals surface area contributed by atoms with E-state index in [0.717, 1.165) is 12.8 Å². The summed E-state index contributed by atoms with van der Waals surface area (Å²) in [7, 11) is -1.08. The molecule has 0 saturated carbocycles. The fourth-order valence-corrected chi connectivity index (χ4v) is 7.86. The first-order chi connectivity index (χ1) is 8.16. The van der Waals surface area contributed by atoms with Gasteiger partial charge in [-0.05, 0) is 19.3 Å². The Labute approximate surface area is 126 Å². The molecule has 0 aromatic rings.